The van der Waals surface area contributed by atoms with E-state index in [0.717, 1.165) is 17.4 Å². The van der Waals surface area contributed by atoms with E-state index in [-0.39, 0.29) is 35.1 Å². The van der Waals surface area contributed by atoms with Crippen LogP contribution >= 0.6 is 0 Å². The second-order valence-electron chi connectivity index (χ2n) is 10.7. The number of carbonyl (C=O) groups is 2. The van der Waals surface area contributed by atoms with Crippen LogP contribution in [0.1, 0.15) is 50.9 Å². The Morgan fingerprint density at radius 3 is 2.60 bits per heavy atom. The summed E-state index contributed by atoms with van der Waals surface area (Å²) >= 11 is 0. The third kappa shape index (κ3) is 5.88. The zero-order chi connectivity index (χ0) is 29.2. The SMILES string of the molecule is CC#CCn1c(N2CCC[C@H](NC(=O)OC(C)(C)C)C2)nc2c1c(=O)n(CC(=O)c1ccccc1O)c(=O)n2C. The van der Waals surface area contributed by atoms with E-state index >= 15 is 0 Å². The molecule has 3 aromatic rings. The topological polar surface area (TPSA) is 141 Å². The molecule has 1 atom stereocenters. The molecule has 40 heavy (non-hydrogen) atoms. The van der Waals surface area contributed by atoms with Gasteiger partial charge in [0.05, 0.1) is 18.7 Å². The van der Waals surface area contributed by atoms with Crippen LogP contribution in [0.5, 0.6) is 5.75 Å². The average Bonchev–Trinajstić information content (AvgIpc) is 3.27. The van der Waals surface area contributed by atoms with Gasteiger partial charge in [0.1, 0.15) is 11.4 Å². The number of anilines is 1. The monoisotopic (exact) mass is 550 g/mol. The van der Waals surface area contributed by atoms with Crippen molar-refractivity contribution in [1.29, 1.82) is 0 Å². The molecule has 1 aliphatic heterocycles. The highest BCUT2D eigenvalue weighted by molar-refractivity contribution is 5.98. The molecule has 0 radical (unpaired) electrons. The first-order chi connectivity index (χ1) is 18.9. The number of ether oxygens (including phenoxy) is 1. The number of fused-ring (bicyclic) bond motifs is 1. The largest absolute Gasteiger partial charge is 0.507 e. The second-order valence-corrected chi connectivity index (χ2v) is 10.7. The smallest absolute Gasteiger partial charge is 0.407 e. The van der Waals surface area contributed by atoms with E-state index in [1.54, 1.807) is 44.4 Å². The van der Waals surface area contributed by atoms with Gasteiger partial charge in [-0.15, -0.1) is 5.92 Å². The van der Waals surface area contributed by atoms with Crippen LogP contribution in [-0.4, -0.2) is 60.4 Å². The molecule has 1 aromatic carbocycles. The Hall–Kier alpha value is -4.53. The van der Waals surface area contributed by atoms with E-state index in [2.05, 4.69) is 22.1 Å². The molecule has 1 fully saturated rings. The van der Waals surface area contributed by atoms with Gasteiger partial charge in [-0.05, 0) is 52.7 Å². The van der Waals surface area contributed by atoms with E-state index in [1.807, 2.05) is 4.90 Å². The number of aryl methyl sites for hydroxylation is 1. The van der Waals surface area contributed by atoms with Crippen LogP contribution < -0.4 is 21.5 Å². The van der Waals surface area contributed by atoms with Gasteiger partial charge >= 0.3 is 11.8 Å². The number of piperidine rings is 1. The predicted octanol–water partition coefficient (Wildman–Crippen LogP) is 2.00. The summed E-state index contributed by atoms with van der Waals surface area (Å²) < 4.78 is 9.12. The van der Waals surface area contributed by atoms with E-state index in [0.29, 0.717) is 19.0 Å². The lowest BCUT2D eigenvalue weighted by molar-refractivity contribution is 0.0499. The van der Waals surface area contributed by atoms with Crippen LogP contribution in [-0.2, 0) is 24.9 Å². The third-order valence-corrected chi connectivity index (χ3v) is 6.56. The van der Waals surface area contributed by atoms with Crippen LogP contribution in [0.4, 0.5) is 10.7 Å². The van der Waals surface area contributed by atoms with Crippen molar-refractivity contribution in [1.82, 2.24) is 24.0 Å². The minimum absolute atomic E-state index is 0.0134. The number of rotatable bonds is 6. The number of amides is 1. The Labute approximate surface area is 231 Å². The van der Waals surface area contributed by atoms with E-state index in [9.17, 15) is 24.3 Å². The van der Waals surface area contributed by atoms with Crippen molar-refractivity contribution >= 4 is 29.0 Å². The van der Waals surface area contributed by atoms with Crippen molar-refractivity contribution < 1.29 is 19.4 Å². The first-order valence-electron chi connectivity index (χ1n) is 13.1. The number of aromatic hydroxyl groups is 1. The number of ketones is 1. The van der Waals surface area contributed by atoms with Crippen molar-refractivity contribution in [3.05, 3.63) is 50.7 Å². The fourth-order valence-corrected chi connectivity index (χ4v) is 4.74. The van der Waals surface area contributed by atoms with Gasteiger partial charge in [0.15, 0.2) is 16.9 Å². The molecule has 1 saturated heterocycles. The van der Waals surface area contributed by atoms with Gasteiger partial charge in [-0.25, -0.2) is 9.59 Å². The fraction of sp³-hybridized carbons (Fsp3) is 0.464. The standard InChI is InChI=1S/C28H34N6O6/c1-6-7-15-33-22-23(30-25(33)32-14-10-11-18(16-32)29-26(38)40-28(2,3)4)31(5)27(39)34(24(22)37)17-21(36)19-12-8-9-13-20(19)35/h8-9,12-13,18,35H,10-11,14-17H2,1-5H3,(H,29,38)/t18-/m0/s1. The number of para-hydroxylation sites is 1. The number of benzene rings is 1. The Morgan fingerprint density at radius 2 is 1.93 bits per heavy atom. The first kappa shape index (κ1) is 28.5. The highest BCUT2D eigenvalue weighted by atomic mass is 16.6. The van der Waals surface area contributed by atoms with Crippen LogP contribution in [0.25, 0.3) is 11.2 Å². The van der Waals surface area contributed by atoms with Gasteiger partial charge in [0, 0.05) is 26.2 Å². The molecule has 0 aliphatic carbocycles. The molecule has 2 N–H and O–H groups in total. The summed E-state index contributed by atoms with van der Waals surface area (Å²) in [6.07, 6.45) is 0.982. The summed E-state index contributed by atoms with van der Waals surface area (Å²) in [4.78, 5) is 58.9. The molecular formula is C28H34N6O6. The van der Waals surface area contributed by atoms with Gasteiger partial charge in [0.2, 0.25) is 5.95 Å². The molecule has 0 bridgehead atoms. The summed E-state index contributed by atoms with van der Waals surface area (Å²) in [6, 6.07) is 5.75. The lowest BCUT2D eigenvalue weighted by Gasteiger charge is -2.34. The number of alkyl carbamates (subject to hydrolysis) is 1. The molecule has 2 aromatic heterocycles. The van der Waals surface area contributed by atoms with Crippen molar-refractivity contribution in [2.75, 3.05) is 18.0 Å². The number of hydrogen-bond acceptors (Lipinski definition) is 8. The highest BCUT2D eigenvalue weighted by Gasteiger charge is 2.29. The summed E-state index contributed by atoms with van der Waals surface area (Å²) in [6.45, 7) is 7.67. The number of carbonyl (C=O) groups excluding carboxylic acids is 2. The van der Waals surface area contributed by atoms with Crippen LogP contribution in [0.2, 0.25) is 0 Å². The Balaban J connectivity index is 1.75. The van der Waals surface area contributed by atoms with Crippen molar-refractivity contribution in [2.45, 2.75) is 65.3 Å². The maximum Gasteiger partial charge on any atom is 0.407 e. The minimum atomic E-state index is -0.706. The maximum atomic E-state index is 13.7. The molecule has 0 spiro atoms. The zero-order valence-corrected chi connectivity index (χ0v) is 23.4. The Kier molecular flexibility index (Phi) is 8.04. The number of phenols is 1. The molecule has 4 rings (SSSR count). The van der Waals surface area contributed by atoms with Crippen LogP contribution in [0.15, 0.2) is 33.9 Å². The molecular weight excluding hydrogens is 516 g/mol. The van der Waals surface area contributed by atoms with Crippen molar-refractivity contribution in [3.8, 4) is 17.6 Å². The Morgan fingerprint density at radius 1 is 1.20 bits per heavy atom. The number of hydrogen-bond donors (Lipinski definition) is 2. The first-order valence-corrected chi connectivity index (χ1v) is 13.1. The van der Waals surface area contributed by atoms with E-state index in [4.69, 9.17) is 4.74 Å². The molecule has 212 valence electrons. The van der Waals surface area contributed by atoms with E-state index in [1.165, 1.54) is 23.7 Å². The van der Waals surface area contributed by atoms with Gasteiger partial charge in [-0.1, -0.05) is 18.1 Å². The van der Waals surface area contributed by atoms with Gasteiger partial charge in [-0.3, -0.25) is 23.3 Å². The van der Waals surface area contributed by atoms with Gasteiger partial charge < -0.3 is 20.1 Å². The summed E-state index contributed by atoms with van der Waals surface area (Å²) in [5, 5.41) is 13.0. The molecule has 12 nitrogen and oxygen atoms in total. The van der Waals surface area contributed by atoms with Crippen molar-refractivity contribution in [2.24, 2.45) is 7.05 Å². The average molecular weight is 551 g/mol. The van der Waals surface area contributed by atoms with Crippen LogP contribution in [0, 0.1) is 11.8 Å². The highest BCUT2D eigenvalue weighted by Crippen LogP contribution is 2.24. The molecule has 1 aliphatic rings. The second kappa shape index (κ2) is 11.3. The number of nitrogens with one attached hydrogen (secondary N) is 1. The molecule has 3 heterocycles. The fourth-order valence-electron chi connectivity index (χ4n) is 4.74. The molecule has 0 unspecified atom stereocenters. The number of Topliss-reactive ketones (excluding diaryl/α,β-unsaturated/α-hetero) is 1. The normalized spacial score (nSPS) is 15.4. The maximum absolute atomic E-state index is 13.7. The molecule has 1 amide bonds. The molecule has 0 saturated carbocycles. The lowest BCUT2D eigenvalue weighted by Crippen LogP contribution is -2.49. The number of imidazole rings is 1. The molecule has 12 heteroatoms. The third-order valence-electron chi connectivity index (χ3n) is 6.56. The zero-order valence-electron chi connectivity index (χ0n) is 23.4. The van der Waals surface area contributed by atoms with Crippen molar-refractivity contribution in [3.63, 3.8) is 0 Å². The number of nitrogens with zero attached hydrogens (tertiary/aromatic N) is 5. The van der Waals surface area contributed by atoms with Crippen LogP contribution in [0.3, 0.4) is 0 Å². The quantitative estimate of drug-likeness (QED) is 0.351. The lowest BCUT2D eigenvalue weighted by atomic mass is 10.1. The number of phenolic OH excluding ortho intramolecular Hbond substituents is 1. The summed E-state index contributed by atoms with van der Waals surface area (Å²) in [7, 11) is 1.49. The predicted molar refractivity (Wildman–Crippen MR) is 150 cm³/mol. The van der Waals surface area contributed by atoms with Gasteiger partial charge in [-0.2, -0.15) is 4.98 Å². The number of aromatic nitrogens is 4. The van der Waals surface area contributed by atoms with E-state index < -0.39 is 35.3 Å². The summed E-state index contributed by atoms with van der Waals surface area (Å²) in [5.74, 6) is 5.42. The summed E-state index contributed by atoms with van der Waals surface area (Å²) in [5.41, 5.74) is -1.71. The Bertz CT molecular complexity index is 1630. The minimum Gasteiger partial charge on any atom is -0.507 e. The van der Waals surface area contributed by atoms with Gasteiger partial charge in [0.25, 0.3) is 5.56 Å².